The van der Waals surface area contributed by atoms with Gasteiger partial charge in [0.2, 0.25) is 0 Å². The summed E-state index contributed by atoms with van der Waals surface area (Å²) in [6.45, 7) is 3.71. The lowest BCUT2D eigenvalue weighted by atomic mass is 10.2. The first-order chi connectivity index (χ1) is 7.16. The van der Waals surface area contributed by atoms with Crippen LogP contribution in [0.3, 0.4) is 0 Å². The van der Waals surface area contributed by atoms with Crippen molar-refractivity contribution < 1.29 is 0 Å². The van der Waals surface area contributed by atoms with Crippen molar-refractivity contribution in [1.29, 1.82) is 0 Å². The molecule has 0 aromatic carbocycles. The zero-order chi connectivity index (χ0) is 10.8. The summed E-state index contributed by atoms with van der Waals surface area (Å²) in [4.78, 5) is 11.8. The smallest absolute Gasteiger partial charge is 0.253 e. The third-order valence-corrected chi connectivity index (χ3v) is 3.24. The van der Waals surface area contributed by atoms with Crippen LogP contribution in [0.2, 0.25) is 0 Å². The van der Waals surface area contributed by atoms with Gasteiger partial charge in [0, 0.05) is 28.8 Å². The van der Waals surface area contributed by atoms with Gasteiger partial charge in [-0.05, 0) is 48.3 Å². The van der Waals surface area contributed by atoms with Gasteiger partial charge < -0.3 is 9.88 Å². The number of aromatic nitrogens is 1. The highest BCUT2D eigenvalue weighted by Gasteiger charge is 2.15. The summed E-state index contributed by atoms with van der Waals surface area (Å²) in [6, 6.07) is 2.32. The zero-order valence-corrected chi connectivity index (χ0v) is 10.4. The Morgan fingerprint density at radius 1 is 1.67 bits per heavy atom. The molecule has 4 heteroatoms. The predicted molar refractivity (Wildman–Crippen MR) is 64.2 cm³/mol. The lowest BCUT2D eigenvalue weighted by Gasteiger charge is -2.13. The Morgan fingerprint density at radius 3 is 3.13 bits per heavy atom. The van der Waals surface area contributed by atoms with Gasteiger partial charge in [-0.25, -0.2) is 0 Å². The van der Waals surface area contributed by atoms with Crippen LogP contribution < -0.4 is 10.9 Å². The second-order valence-electron chi connectivity index (χ2n) is 4.09. The van der Waals surface area contributed by atoms with E-state index in [2.05, 4.69) is 21.2 Å². The molecule has 1 aromatic heterocycles. The SMILES string of the molecule is Cc1cc(Br)cn(C[C@H]2CCCN2)c1=O. The van der Waals surface area contributed by atoms with Gasteiger partial charge >= 0.3 is 0 Å². The Labute approximate surface area is 97.6 Å². The topological polar surface area (TPSA) is 34.0 Å². The summed E-state index contributed by atoms with van der Waals surface area (Å²) in [5, 5.41) is 3.40. The fraction of sp³-hybridized carbons (Fsp3) is 0.545. The number of nitrogens with one attached hydrogen (secondary N) is 1. The molecule has 0 amide bonds. The molecule has 1 fully saturated rings. The van der Waals surface area contributed by atoms with Gasteiger partial charge in [0.1, 0.15) is 0 Å². The van der Waals surface area contributed by atoms with Gasteiger partial charge in [0.05, 0.1) is 0 Å². The molecule has 0 saturated carbocycles. The minimum Gasteiger partial charge on any atom is -0.313 e. The quantitative estimate of drug-likeness (QED) is 0.887. The molecule has 2 rings (SSSR count). The molecule has 0 aliphatic carbocycles. The summed E-state index contributed by atoms with van der Waals surface area (Å²) < 4.78 is 2.76. The fourth-order valence-electron chi connectivity index (χ4n) is 2.03. The maximum absolute atomic E-state index is 11.8. The van der Waals surface area contributed by atoms with Crippen molar-refractivity contribution in [3.8, 4) is 0 Å². The molecule has 1 aliphatic heterocycles. The fourth-order valence-corrected chi connectivity index (χ4v) is 2.62. The van der Waals surface area contributed by atoms with Crippen molar-refractivity contribution in [1.82, 2.24) is 9.88 Å². The average molecular weight is 271 g/mol. The van der Waals surface area contributed by atoms with Crippen molar-refractivity contribution in [2.24, 2.45) is 0 Å². The summed E-state index contributed by atoms with van der Waals surface area (Å²) in [5.41, 5.74) is 0.911. The Hall–Kier alpha value is -0.610. The molecule has 0 unspecified atom stereocenters. The van der Waals surface area contributed by atoms with Gasteiger partial charge in [0.15, 0.2) is 0 Å². The monoisotopic (exact) mass is 270 g/mol. The Morgan fingerprint density at radius 2 is 2.47 bits per heavy atom. The van der Waals surface area contributed by atoms with Crippen LogP contribution in [0.15, 0.2) is 21.5 Å². The maximum atomic E-state index is 11.8. The molecule has 0 radical (unpaired) electrons. The zero-order valence-electron chi connectivity index (χ0n) is 8.79. The number of aryl methyl sites for hydroxylation is 1. The summed E-state index contributed by atoms with van der Waals surface area (Å²) in [6.07, 6.45) is 4.25. The largest absolute Gasteiger partial charge is 0.313 e. The summed E-state index contributed by atoms with van der Waals surface area (Å²) in [5.74, 6) is 0. The van der Waals surface area contributed by atoms with Crippen LogP contribution in [-0.2, 0) is 6.54 Å². The molecule has 1 atom stereocenters. The first-order valence-corrected chi connectivity index (χ1v) is 6.06. The van der Waals surface area contributed by atoms with Crippen LogP contribution in [0.4, 0.5) is 0 Å². The maximum Gasteiger partial charge on any atom is 0.253 e. The molecule has 15 heavy (non-hydrogen) atoms. The highest BCUT2D eigenvalue weighted by atomic mass is 79.9. The van der Waals surface area contributed by atoms with Crippen molar-refractivity contribution in [2.75, 3.05) is 6.54 Å². The molecule has 1 aliphatic rings. The van der Waals surface area contributed by atoms with Crippen molar-refractivity contribution >= 4 is 15.9 Å². The van der Waals surface area contributed by atoms with E-state index in [0.29, 0.717) is 6.04 Å². The molecule has 1 saturated heterocycles. The third-order valence-electron chi connectivity index (χ3n) is 2.81. The summed E-state index contributed by atoms with van der Waals surface area (Å²) in [7, 11) is 0. The number of halogens is 1. The minimum atomic E-state index is 0.118. The third kappa shape index (κ3) is 2.49. The lowest BCUT2D eigenvalue weighted by Crippen LogP contribution is -2.32. The highest BCUT2D eigenvalue weighted by molar-refractivity contribution is 9.10. The molecule has 0 bridgehead atoms. The van der Waals surface area contributed by atoms with E-state index < -0.39 is 0 Å². The first-order valence-electron chi connectivity index (χ1n) is 5.27. The molecule has 1 N–H and O–H groups in total. The number of pyridine rings is 1. The van der Waals surface area contributed by atoms with E-state index in [1.165, 1.54) is 6.42 Å². The number of hydrogen-bond donors (Lipinski definition) is 1. The number of nitrogens with zero attached hydrogens (tertiary/aromatic N) is 1. The van der Waals surface area contributed by atoms with Gasteiger partial charge in [-0.1, -0.05) is 0 Å². The van der Waals surface area contributed by atoms with E-state index in [-0.39, 0.29) is 5.56 Å². The van der Waals surface area contributed by atoms with E-state index in [0.717, 1.165) is 29.5 Å². The number of rotatable bonds is 2. The standard InChI is InChI=1S/C11H15BrN2O/c1-8-5-9(12)6-14(11(8)15)7-10-3-2-4-13-10/h5-6,10,13H,2-4,7H2,1H3/t10-/m1/s1. The lowest BCUT2D eigenvalue weighted by molar-refractivity contribution is 0.497. The number of hydrogen-bond acceptors (Lipinski definition) is 2. The molecule has 1 aromatic rings. The van der Waals surface area contributed by atoms with Crippen molar-refractivity contribution in [3.05, 3.63) is 32.7 Å². The van der Waals surface area contributed by atoms with Gasteiger partial charge in [0.25, 0.3) is 5.56 Å². The van der Waals surface area contributed by atoms with Crippen molar-refractivity contribution in [3.63, 3.8) is 0 Å². The molecule has 0 spiro atoms. The van der Waals surface area contributed by atoms with Crippen molar-refractivity contribution in [2.45, 2.75) is 32.4 Å². The predicted octanol–water partition coefficient (Wildman–Crippen LogP) is 1.67. The van der Waals surface area contributed by atoms with E-state index >= 15 is 0 Å². The van der Waals surface area contributed by atoms with E-state index in [4.69, 9.17) is 0 Å². The van der Waals surface area contributed by atoms with Crippen LogP contribution in [-0.4, -0.2) is 17.2 Å². The Kier molecular flexibility index (Phi) is 3.26. The second kappa shape index (κ2) is 4.49. The van der Waals surface area contributed by atoms with E-state index in [1.54, 1.807) is 4.57 Å². The van der Waals surface area contributed by atoms with Crippen LogP contribution >= 0.6 is 15.9 Å². The Balaban J connectivity index is 2.23. The van der Waals surface area contributed by atoms with Gasteiger partial charge in [-0.2, -0.15) is 0 Å². The van der Waals surface area contributed by atoms with E-state index in [9.17, 15) is 4.79 Å². The van der Waals surface area contributed by atoms with Crippen LogP contribution in [0.5, 0.6) is 0 Å². The van der Waals surface area contributed by atoms with Crippen LogP contribution in [0.25, 0.3) is 0 Å². The van der Waals surface area contributed by atoms with Crippen LogP contribution in [0.1, 0.15) is 18.4 Å². The second-order valence-corrected chi connectivity index (χ2v) is 5.01. The summed E-state index contributed by atoms with van der Waals surface area (Å²) >= 11 is 3.42. The van der Waals surface area contributed by atoms with Gasteiger partial charge in [-0.3, -0.25) is 4.79 Å². The molecule has 3 nitrogen and oxygen atoms in total. The van der Waals surface area contributed by atoms with Gasteiger partial charge in [-0.15, -0.1) is 0 Å². The van der Waals surface area contributed by atoms with E-state index in [1.807, 2.05) is 19.2 Å². The molecular weight excluding hydrogens is 256 g/mol. The normalized spacial score (nSPS) is 20.8. The molecular formula is C11H15BrN2O. The minimum absolute atomic E-state index is 0.118. The van der Waals surface area contributed by atoms with Crippen LogP contribution in [0, 0.1) is 6.92 Å². The average Bonchev–Trinajstić information content (AvgIpc) is 2.66. The molecule has 82 valence electrons. The highest BCUT2D eigenvalue weighted by Crippen LogP contribution is 2.11. The first kappa shape index (κ1) is 10.9. The Bertz CT molecular complexity index is 408. The molecule has 2 heterocycles.